The van der Waals surface area contributed by atoms with Gasteiger partial charge in [0, 0.05) is 21.7 Å². The Kier molecular flexibility index (Phi) is 5.13. The Labute approximate surface area is 135 Å². The lowest BCUT2D eigenvalue weighted by Crippen LogP contribution is -2.06. The van der Waals surface area contributed by atoms with Crippen LogP contribution in [0.2, 0.25) is 0 Å². The number of esters is 1. The molecule has 3 nitrogen and oxygen atoms in total. The second kappa shape index (κ2) is 6.87. The highest BCUT2D eigenvalue weighted by Crippen LogP contribution is 2.36. The van der Waals surface area contributed by atoms with Gasteiger partial charge in [0.2, 0.25) is 0 Å². The minimum atomic E-state index is -0.700. The van der Waals surface area contributed by atoms with Gasteiger partial charge in [-0.2, -0.15) is 0 Å². The predicted octanol–water partition coefficient (Wildman–Crippen LogP) is 4.58. The molecule has 2 aromatic rings. The van der Waals surface area contributed by atoms with Crippen LogP contribution in [-0.2, 0) is 4.74 Å². The van der Waals surface area contributed by atoms with Gasteiger partial charge in [0.1, 0.15) is 22.9 Å². The van der Waals surface area contributed by atoms with Gasteiger partial charge in [0.05, 0.1) is 13.7 Å². The molecule has 0 atom stereocenters. The van der Waals surface area contributed by atoms with Gasteiger partial charge in [-0.1, -0.05) is 15.9 Å². The van der Waals surface area contributed by atoms with E-state index >= 15 is 0 Å². The minimum Gasteiger partial charge on any atom is -0.493 e. The quantitative estimate of drug-likeness (QED) is 0.739. The molecule has 0 spiro atoms. The van der Waals surface area contributed by atoms with Crippen molar-refractivity contribution in [2.75, 3.05) is 13.7 Å². The van der Waals surface area contributed by atoms with Crippen LogP contribution in [0.25, 0.3) is 11.1 Å². The van der Waals surface area contributed by atoms with Crippen molar-refractivity contribution in [3.63, 3.8) is 0 Å². The monoisotopic (exact) mass is 370 g/mol. The van der Waals surface area contributed by atoms with Crippen LogP contribution in [0, 0.1) is 11.6 Å². The van der Waals surface area contributed by atoms with Crippen LogP contribution >= 0.6 is 15.9 Å². The summed E-state index contributed by atoms with van der Waals surface area (Å²) in [6, 6.07) is 6.32. The molecular weight excluding hydrogens is 358 g/mol. The molecule has 0 aromatic heterocycles. The number of benzene rings is 2. The summed E-state index contributed by atoms with van der Waals surface area (Å²) in [7, 11) is 1.26. The van der Waals surface area contributed by atoms with Crippen LogP contribution in [0.3, 0.4) is 0 Å². The van der Waals surface area contributed by atoms with E-state index < -0.39 is 17.6 Å². The average Bonchev–Trinajstić information content (AvgIpc) is 2.48. The van der Waals surface area contributed by atoms with Crippen LogP contribution in [0.5, 0.6) is 5.75 Å². The number of methoxy groups -OCH3 is 1. The number of carbonyl (C=O) groups is 1. The molecule has 116 valence electrons. The SMILES string of the molecule is CCOc1cc(-c2ccc(F)cc2F)c(Br)cc1C(=O)OC. The van der Waals surface area contributed by atoms with Crippen LogP contribution in [0.4, 0.5) is 8.78 Å². The van der Waals surface area contributed by atoms with Gasteiger partial charge in [-0.3, -0.25) is 0 Å². The fourth-order valence-electron chi connectivity index (χ4n) is 2.01. The highest BCUT2D eigenvalue weighted by Gasteiger charge is 2.19. The third-order valence-corrected chi connectivity index (χ3v) is 3.65. The standard InChI is InChI=1S/C16H13BrF2O3/c1-3-22-15-8-11(10-5-4-9(18)6-14(10)19)13(17)7-12(15)16(20)21-2/h4-8H,3H2,1-2H3. The van der Waals surface area contributed by atoms with E-state index in [1.54, 1.807) is 6.92 Å². The molecule has 0 aliphatic carbocycles. The minimum absolute atomic E-state index is 0.200. The second-order valence-corrected chi connectivity index (χ2v) is 5.23. The Hall–Kier alpha value is -1.95. The largest absolute Gasteiger partial charge is 0.493 e. The van der Waals surface area contributed by atoms with Gasteiger partial charge in [0.15, 0.2) is 0 Å². The second-order valence-electron chi connectivity index (χ2n) is 4.38. The van der Waals surface area contributed by atoms with E-state index in [-0.39, 0.29) is 16.9 Å². The zero-order valence-corrected chi connectivity index (χ0v) is 13.5. The summed E-state index contributed by atoms with van der Waals surface area (Å²) >= 11 is 3.30. The average molecular weight is 371 g/mol. The molecule has 0 saturated heterocycles. The molecule has 2 aromatic carbocycles. The first kappa shape index (κ1) is 16.4. The lowest BCUT2D eigenvalue weighted by molar-refractivity contribution is 0.0596. The van der Waals surface area contributed by atoms with E-state index in [1.807, 2.05) is 0 Å². The molecular formula is C16H13BrF2O3. The number of ether oxygens (including phenoxy) is 2. The lowest BCUT2D eigenvalue weighted by Gasteiger charge is -2.13. The molecule has 0 heterocycles. The summed E-state index contributed by atoms with van der Waals surface area (Å²) < 4.78 is 37.6. The van der Waals surface area contributed by atoms with Crippen molar-refractivity contribution in [3.05, 3.63) is 52.0 Å². The van der Waals surface area contributed by atoms with Gasteiger partial charge in [-0.15, -0.1) is 0 Å². The summed E-state index contributed by atoms with van der Waals surface area (Å²) in [5.41, 5.74) is 0.877. The molecule has 0 saturated carbocycles. The number of carbonyl (C=O) groups excluding carboxylic acids is 1. The van der Waals surface area contributed by atoms with Crippen LogP contribution in [0.15, 0.2) is 34.8 Å². The highest BCUT2D eigenvalue weighted by molar-refractivity contribution is 9.10. The maximum Gasteiger partial charge on any atom is 0.341 e. The van der Waals surface area contributed by atoms with Gasteiger partial charge in [-0.05, 0) is 31.2 Å². The Morgan fingerprint density at radius 3 is 2.50 bits per heavy atom. The van der Waals surface area contributed by atoms with Crippen LogP contribution < -0.4 is 4.74 Å². The molecule has 0 unspecified atom stereocenters. The third kappa shape index (κ3) is 3.27. The molecule has 0 N–H and O–H groups in total. The van der Waals surface area contributed by atoms with Crippen LogP contribution in [0.1, 0.15) is 17.3 Å². The molecule has 6 heteroatoms. The van der Waals surface area contributed by atoms with Crippen molar-refractivity contribution < 1.29 is 23.0 Å². The molecule has 0 fully saturated rings. The predicted molar refractivity (Wildman–Crippen MR) is 82.0 cm³/mol. The van der Waals surface area contributed by atoms with Gasteiger partial charge in [-0.25, -0.2) is 13.6 Å². The van der Waals surface area contributed by atoms with E-state index in [1.165, 1.54) is 31.4 Å². The van der Waals surface area contributed by atoms with E-state index in [9.17, 15) is 13.6 Å². The summed E-state index contributed by atoms with van der Waals surface area (Å²) in [6.45, 7) is 2.10. The summed E-state index contributed by atoms with van der Waals surface area (Å²) in [5, 5.41) is 0. The normalized spacial score (nSPS) is 10.4. The van der Waals surface area contributed by atoms with Gasteiger partial charge >= 0.3 is 5.97 Å². The van der Waals surface area contributed by atoms with Crippen molar-refractivity contribution in [3.8, 4) is 16.9 Å². The lowest BCUT2D eigenvalue weighted by atomic mass is 10.0. The highest BCUT2D eigenvalue weighted by atomic mass is 79.9. The molecule has 0 aliphatic rings. The number of hydrogen-bond donors (Lipinski definition) is 0. The Bertz CT molecular complexity index is 717. The molecule has 0 radical (unpaired) electrons. The summed E-state index contributed by atoms with van der Waals surface area (Å²) in [5.74, 6) is -1.64. The van der Waals surface area contributed by atoms with E-state index in [0.29, 0.717) is 16.6 Å². The summed E-state index contributed by atoms with van der Waals surface area (Å²) in [6.07, 6.45) is 0. The van der Waals surface area contributed by atoms with Crippen molar-refractivity contribution in [2.24, 2.45) is 0 Å². The fourth-order valence-corrected chi connectivity index (χ4v) is 2.57. The Balaban J connectivity index is 2.62. The molecule has 0 bridgehead atoms. The Morgan fingerprint density at radius 1 is 1.18 bits per heavy atom. The maximum atomic E-state index is 14.0. The molecule has 22 heavy (non-hydrogen) atoms. The fraction of sp³-hybridized carbons (Fsp3) is 0.188. The van der Waals surface area contributed by atoms with Crippen molar-refractivity contribution in [1.29, 1.82) is 0 Å². The summed E-state index contributed by atoms with van der Waals surface area (Å²) in [4.78, 5) is 11.8. The van der Waals surface area contributed by atoms with Gasteiger partial charge in [0.25, 0.3) is 0 Å². The molecule has 0 aliphatic heterocycles. The van der Waals surface area contributed by atoms with E-state index in [0.717, 1.165) is 6.07 Å². The first-order valence-corrected chi connectivity index (χ1v) is 7.27. The number of rotatable bonds is 4. The number of hydrogen-bond acceptors (Lipinski definition) is 3. The third-order valence-electron chi connectivity index (χ3n) is 3.00. The first-order valence-electron chi connectivity index (χ1n) is 6.48. The topological polar surface area (TPSA) is 35.5 Å². The van der Waals surface area contributed by atoms with Crippen molar-refractivity contribution in [1.82, 2.24) is 0 Å². The smallest absolute Gasteiger partial charge is 0.341 e. The number of halogens is 3. The maximum absolute atomic E-state index is 14.0. The van der Waals surface area contributed by atoms with E-state index in [4.69, 9.17) is 9.47 Å². The van der Waals surface area contributed by atoms with Gasteiger partial charge < -0.3 is 9.47 Å². The van der Waals surface area contributed by atoms with Crippen molar-refractivity contribution in [2.45, 2.75) is 6.92 Å². The Morgan fingerprint density at radius 2 is 1.91 bits per heavy atom. The zero-order chi connectivity index (χ0) is 16.3. The van der Waals surface area contributed by atoms with E-state index in [2.05, 4.69) is 15.9 Å². The molecule has 0 amide bonds. The zero-order valence-electron chi connectivity index (χ0n) is 12.0. The molecule has 2 rings (SSSR count). The van der Waals surface area contributed by atoms with Crippen molar-refractivity contribution >= 4 is 21.9 Å². The van der Waals surface area contributed by atoms with Crippen LogP contribution in [-0.4, -0.2) is 19.7 Å². The first-order chi connectivity index (χ1) is 10.5.